The number of hydrogen-bond acceptors (Lipinski definition) is 4. The van der Waals surface area contributed by atoms with Gasteiger partial charge in [-0.1, -0.05) is 23.4 Å². The third kappa shape index (κ3) is 2.79. The van der Waals surface area contributed by atoms with Crippen LogP contribution >= 0.6 is 0 Å². The lowest BCUT2D eigenvalue weighted by Gasteiger charge is -2.04. The van der Waals surface area contributed by atoms with E-state index in [1.54, 1.807) is 31.2 Å². The minimum absolute atomic E-state index is 0.0964. The molecule has 0 N–H and O–H groups in total. The molecule has 0 aromatic heterocycles. The standard InChI is InChI=1S/C14H11NO3/c1-10-9-12(16)7-8-13(10)15-18-14(17)11-5-3-2-4-6-11/h2-9H,1H3/b15-13-. The molecule has 1 aromatic rings. The molecule has 0 unspecified atom stereocenters. The third-order valence-electron chi connectivity index (χ3n) is 2.40. The fourth-order valence-corrected chi connectivity index (χ4v) is 1.45. The molecule has 0 saturated carbocycles. The number of nitrogens with zero attached hydrogens (tertiary/aromatic N) is 1. The monoisotopic (exact) mass is 241 g/mol. The maximum Gasteiger partial charge on any atom is 0.365 e. The van der Waals surface area contributed by atoms with Crippen LogP contribution in [-0.4, -0.2) is 17.5 Å². The first-order valence-corrected chi connectivity index (χ1v) is 5.42. The lowest BCUT2D eigenvalue weighted by atomic mass is 10.1. The van der Waals surface area contributed by atoms with E-state index in [1.807, 2.05) is 6.07 Å². The number of allylic oxidation sites excluding steroid dienone is 4. The first kappa shape index (κ1) is 12.0. The molecule has 0 fully saturated rings. The van der Waals surface area contributed by atoms with Crippen LogP contribution in [0.4, 0.5) is 0 Å². The molecule has 90 valence electrons. The molecule has 4 heteroatoms. The van der Waals surface area contributed by atoms with Crippen molar-refractivity contribution in [3.05, 3.63) is 59.7 Å². The normalized spacial score (nSPS) is 16.6. The summed E-state index contributed by atoms with van der Waals surface area (Å²) >= 11 is 0. The molecule has 4 nitrogen and oxygen atoms in total. The van der Waals surface area contributed by atoms with E-state index >= 15 is 0 Å². The molecule has 0 aliphatic heterocycles. The van der Waals surface area contributed by atoms with Crippen LogP contribution in [0.25, 0.3) is 0 Å². The summed E-state index contributed by atoms with van der Waals surface area (Å²) in [5.41, 5.74) is 1.57. The lowest BCUT2D eigenvalue weighted by molar-refractivity contribution is -0.110. The van der Waals surface area contributed by atoms with Crippen molar-refractivity contribution in [1.29, 1.82) is 0 Å². The van der Waals surface area contributed by atoms with Crippen molar-refractivity contribution in [1.82, 2.24) is 0 Å². The Morgan fingerprint density at radius 1 is 1.17 bits per heavy atom. The number of carbonyl (C=O) groups excluding carboxylic acids is 2. The summed E-state index contributed by atoms with van der Waals surface area (Å²) in [5.74, 6) is -0.623. The van der Waals surface area contributed by atoms with Crippen LogP contribution in [-0.2, 0) is 9.63 Å². The van der Waals surface area contributed by atoms with Gasteiger partial charge in [-0.15, -0.1) is 0 Å². The molecule has 1 aliphatic carbocycles. The van der Waals surface area contributed by atoms with E-state index < -0.39 is 5.97 Å². The number of rotatable bonds is 2. The molecular weight excluding hydrogens is 230 g/mol. The molecule has 1 aromatic carbocycles. The van der Waals surface area contributed by atoms with Gasteiger partial charge in [-0.05, 0) is 42.9 Å². The summed E-state index contributed by atoms with van der Waals surface area (Å²) in [6, 6.07) is 8.59. The van der Waals surface area contributed by atoms with Gasteiger partial charge >= 0.3 is 5.97 Å². The summed E-state index contributed by atoms with van der Waals surface area (Å²) in [6.45, 7) is 1.73. The second-order valence-corrected chi connectivity index (χ2v) is 3.78. The predicted molar refractivity (Wildman–Crippen MR) is 67.2 cm³/mol. The fourth-order valence-electron chi connectivity index (χ4n) is 1.45. The van der Waals surface area contributed by atoms with Crippen molar-refractivity contribution >= 4 is 17.5 Å². The second kappa shape index (κ2) is 5.23. The Morgan fingerprint density at radius 2 is 1.89 bits per heavy atom. The molecule has 1 aliphatic rings. The van der Waals surface area contributed by atoms with E-state index in [1.165, 1.54) is 18.2 Å². The van der Waals surface area contributed by atoms with Gasteiger partial charge in [0, 0.05) is 0 Å². The Labute approximate surface area is 104 Å². The molecular formula is C14H11NO3. The van der Waals surface area contributed by atoms with E-state index in [0.717, 1.165) is 0 Å². The molecule has 0 saturated heterocycles. The number of oxime groups is 1. The van der Waals surface area contributed by atoms with Crippen LogP contribution in [0.15, 0.2) is 59.3 Å². The van der Waals surface area contributed by atoms with Crippen LogP contribution in [0.1, 0.15) is 17.3 Å². The highest BCUT2D eigenvalue weighted by Gasteiger charge is 2.10. The highest BCUT2D eigenvalue weighted by molar-refractivity contribution is 6.19. The zero-order chi connectivity index (χ0) is 13.0. The molecule has 0 bridgehead atoms. The van der Waals surface area contributed by atoms with Gasteiger partial charge in [0.15, 0.2) is 5.78 Å². The summed E-state index contributed by atoms with van der Waals surface area (Å²) < 4.78 is 0. The quantitative estimate of drug-likeness (QED) is 0.453. The smallest absolute Gasteiger partial charge is 0.312 e. The van der Waals surface area contributed by atoms with E-state index in [2.05, 4.69) is 5.16 Å². The zero-order valence-corrected chi connectivity index (χ0v) is 9.79. The molecule has 0 atom stereocenters. The van der Waals surface area contributed by atoms with E-state index in [0.29, 0.717) is 16.8 Å². The van der Waals surface area contributed by atoms with Gasteiger partial charge in [-0.2, -0.15) is 0 Å². The van der Waals surface area contributed by atoms with Crippen molar-refractivity contribution in [3.8, 4) is 0 Å². The van der Waals surface area contributed by atoms with Crippen LogP contribution < -0.4 is 0 Å². The lowest BCUT2D eigenvalue weighted by Crippen LogP contribution is -2.08. The average Bonchev–Trinajstić information content (AvgIpc) is 2.38. The minimum atomic E-state index is -0.527. The van der Waals surface area contributed by atoms with Crippen molar-refractivity contribution in [2.24, 2.45) is 5.16 Å². The van der Waals surface area contributed by atoms with Crippen molar-refractivity contribution in [2.75, 3.05) is 0 Å². The van der Waals surface area contributed by atoms with Crippen LogP contribution in [0.3, 0.4) is 0 Å². The number of hydrogen-bond donors (Lipinski definition) is 0. The predicted octanol–water partition coefficient (Wildman–Crippen LogP) is 2.28. The topological polar surface area (TPSA) is 55.7 Å². The van der Waals surface area contributed by atoms with Gasteiger partial charge in [0.05, 0.1) is 5.56 Å². The SMILES string of the molecule is CC1=CC(=O)C=C/C1=N/OC(=O)c1ccccc1. The molecule has 0 amide bonds. The summed E-state index contributed by atoms with van der Waals surface area (Å²) in [4.78, 5) is 27.5. The largest absolute Gasteiger partial charge is 0.365 e. The molecule has 0 radical (unpaired) electrons. The third-order valence-corrected chi connectivity index (χ3v) is 2.40. The van der Waals surface area contributed by atoms with E-state index in [9.17, 15) is 9.59 Å². The van der Waals surface area contributed by atoms with Gasteiger partial charge in [0.25, 0.3) is 0 Å². The van der Waals surface area contributed by atoms with Crippen LogP contribution in [0.2, 0.25) is 0 Å². The van der Waals surface area contributed by atoms with E-state index in [-0.39, 0.29) is 5.78 Å². The van der Waals surface area contributed by atoms with Gasteiger partial charge < -0.3 is 4.84 Å². The average molecular weight is 241 g/mol. The molecule has 0 heterocycles. The van der Waals surface area contributed by atoms with Crippen LogP contribution in [0.5, 0.6) is 0 Å². The van der Waals surface area contributed by atoms with Crippen molar-refractivity contribution < 1.29 is 14.4 Å². The van der Waals surface area contributed by atoms with Crippen LogP contribution in [0, 0.1) is 0 Å². The number of benzene rings is 1. The first-order chi connectivity index (χ1) is 8.66. The summed E-state index contributed by atoms with van der Waals surface area (Å²) in [7, 11) is 0. The van der Waals surface area contributed by atoms with Gasteiger partial charge in [0.2, 0.25) is 0 Å². The van der Waals surface area contributed by atoms with Crippen molar-refractivity contribution in [3.63, 3.8) is 0 Å². The molecule has 2 rings (SSSR count). The molecule has 0 spiro atoms. The maximum atomic E-state index is 11.6. The minimum Gasteiger partial charge on any atom is -0.312 e. The summed E-state index contributed by atoms with van der Waals surface area (Å²) in [6.07, 6.45) is 4.34. The van der Waals surface area contributed by atoms with Gasteiger partial charge in [-0.3, -0.25) is 4.79 Å². The van der Waals surface area contributed by atoms with E-state index in [4.69, 9.17) is 4.84 Å². The Bertz CT molecular complexity index is 568. The zero-order valence-electron chi connectivity index (χ0n) is 9.79. The highest BCUT2D eigenvalue weighted by atomic mass is 16.7. The summed E-state index contributed by atoms with van der Waals surface area (Å²) in [5, 5.41) is 3.73. The second-order valence-electron chi connectivity index (χ2n) is 3.78. The number of ketones is 1. The maximum absolute atomic E-state index is 11.6. The Kier molecular flexibility index (Phi) is 3.48. The molecule has 18 heavy (non-hydrogen) atoms. The fraction of sp³-hybridized carbons (Fsp3) is 0.0714. The van der Waals surface area contributed by atoms with Gasteiger partial charge in [-0.25, -0.2) is 4.79 Å². The Balaban J connectivity index is 2.08. The Morgan fingerprint density at radius 3 is 2.56 bits per heavy atom. The highest BCUT2D eigenvalue weighted by Crippen LogP contribution is 2.08. The van der Waals surface area contributed by atoms with Crippen molar-refractivity contribution in [2.45, 2.75) is 6.92 Å². The first-order valence-electron chi connectivity index (χ1n) is 5.42. The van der Waals surface area contributed by atoms with Gasteiger partial charge in [0.1, 0.15) is 5.71 Å². The Hall–Kier alpha value is -2.49. The number of carbonyl (C=O) groups is 2.